The minimum absolute atomic E-state index is 2.00. The topological polar surface area (TPSA) is 77.8 Å². The number of hydrogen-bond donors (Lipinski definition) is 3. The van der Waals surface area contributed by atoms with E-state index in [9.17, 15) is 0 Å². The minimum atomic E-state index is -2.17. The Hall–Kier alpha value is 0.264. The summed E-state index contributed by atoms with van der Waals surface area (Å²) >= 11 is 2.00. The van der Waals surface area contributed by atoms with E-state index in [1.54, 1.807) is 0 Å². The van der Waals surface area contributed by atoms with E-state index >= 15 is 0 Å². The van der Waals surface area contributed by atoms with E-state index in [1.165, 1.54) is 0 Å². The van der Waals surface area contributed by atoms with E-state index in [0.717, 1.165) is 0 Å². The van der Waals surface area contributed by atoms with Crippen LogP contribution in [0.3, 0.4) is 0 Å². The molecule has 0 unspecified atom stereocenters. The molecule has 6 heteroatoms. The molecule has 0 atom stereocenters. The molecular formula is H3BFeO4. The van der Waals surface area contributed by atoms with Crippen molar-refractivity contribution >= 4 is 7.32 Å². The summed E-state index contributed by atoms with van der Waals surface area (Å²) in [7, 11) is -2.17. The quantitative estimate of drug-likeness (QED) is 0.329. The van der Waals surface area contributed by atoms with Crippen LogP contribution in [0.1, 0.15) is 0 Å². The molecule has 0 fully saturated rings. The van der Waals surface area contributed by atoms with Gasteiger partial charge in [-0.1, -0.05) is 0 Å². The first kappa shape index (κ1) is 9.55. The van der Waals surface area contributed by atoms with Crippen molar-refractivity contribution in [2.24, 2.45) is 0 Å². The Morgan fingerprint density at radius 3 is 1.17 bits per heavy atom. The van der Waals surface area contributed by atoms with Crippen molar-refractivity contribution < 1.29 is 34.9 Å². The fraction of sp³-hybridized carbons (Fsp3) is 0. The first-order valence-corrected chi connectivity index (χ1v) is 1.37. The Morgan fingerprint density at radius 1 is 1.17 bits per heavy atom. The number of rotatable bonds is 0. The summed E-state index contributed by atoms with van der Waals surface area (Å²) in [5.74, 6) is 0. The molecule has 38 valence electrons. The van der Waals surface area contributed by atoms with Crippen LogP contribution in [0.25, 0.3) is 0 Å². The zero-order valence-electron chi connectivity index (χ0n) is 2.68. The second-order valence-electron chi connectivity index (χ2n) is 0.346. The van der Waals surface area contributed by atoms with E-state index in [1.807, 2.05) is 15.9 Å². The average molecular weight is 134 g/mol. The summed E-state index contributed by atoms with van der Waals surface area (Å²) in [6, 6.07) is 0. The Morgan fingerprint density at radius 2 is 1.17 bits per heavy atom. The van der Waals surface area contributed by atoms with Gasteiger partial charge < -0.3 is 15.1 Å². The van der Waals surface area contributed by atoms with Gasteiger partial charge in [0, 0.05) is 0 Å². The standard InChI is InChI=1S/BH3O3.Fe.O/c2-1(3)4;;/h2-4H;;. The fourth-order valence-corrected chi connectivity index (χ4v) is 0. The molecule has 6 heavy (non-hydrogen) atoms. The van der Waals surface area contributed by atoms with Gasteiger partial charge in [-0.15, -0.1) is 0 Å². The molecule has 0 spiro atoms. The molecule has 0 amide bonds. The third-order valence-corrected chi connectivity index (χ3v) is 0. The van der Waals surface area contributed by atoms with Crippen molar-refractivity contribution in [2.45, 2.75) is 0 Å². The molecule has 0 saturated heterocycles. The van der Waals surface area contributed by atoms with Gasteiger partial charge in [-0.3, -0.25) is 0 Å². The van der Waals surface area contributed by atoms with Crippen molar-refractivity contribution in [2.75, 3.05) is 0 Å². The van der Waals surface area contributed by atoms with Crippen molar-refractivity contribution in [3.05, 3.63) is 0 Å². The molecule has 0 aromatic carbocycles. The van der Waals surface area contributed by atoms with Gasteiger partial charge in [0.25, 0.3) is 0 Å². The van der Waals surface area contributed by atoms with Crippen LogP contribution in [0.5, 0.6) is 0 Å². The van der Waals surface area contributed by atoms with Crippen LogP contribution in [0.4, 0.5) is 0 Å². The van der Waals surface area contributed by atoms with Gasteiger partial charge >= 0.3 is 27.1 Å². The third kappa shape index (κ3) is 650. The zero-order valence-corrected chi connectivity index (χ0v) is 3.78. The third-order valence-electron chi connectivity index (χ3n) is 0. The van der Waals surface area contributed by atoms with E-state index in [2.05, 4.69) is 0 Å². The second kappa shape index (κ2) is 8.98. The predicted molar refractivity (Wildman–Crippen MR) is 13.1 cm³/mol. The molecule has 0 radical (unpaired) electrons. The molecule has 0 aromatic heterocycles. The maximum absolute atomic E-state index is 8.00. The molecule has 0 saturated carbocycles. The van der Waals surface area contributed by atoms with Crippen LogP contribution in [-0.2, 0) is 19.8 Å². The Kier molecular flexibility index (Phi) is 14.3. The van der Waals surface area contributed by atoms with Gasteiger partial charge in [0.05, 0.1) is 0 Å². The van der Waals surface area contributed by atoms with E-state index < -0.39 is 7.32 Å². The molecule has 0 bridgehead atoms. The molecule has 0 aliphatic rings. The van der Waals surface area contributed by atoms with Crippen LogP contribution in [-0.4, -0.2) is 22.4 Å². The van der Waals surface area contributed by atoms with Crippen molar-refractivity contribution in [3.8, 4) is 0 Å². The maximum atomic E-state index is 8.00. The molecule has 0 rings (SSSR count). The molecule has 0 aromatic rings. The Balaban J connectivity index is 0. The predicted octanol–water partition coefficient (Wildman–Crippen LogP) is -2.17. The molecule has 0 aliphatic carbocycles. The van der Waals surface area contributed by atoms with E-state index in [-0.39, 0.29) is 0 Å². The Labute approximate surface area is 43.0 Å². The van der Waals surface area contributed by atoms with Crippen molar-refractivity contribution in [1.82, 2.24) is 0 Å². The van der Waals surface area contributed by atoms with Crippen molar-refractivity contribution in [1.29, 1.82) is 0 Å². The van der Waals surface area contributed by atoms with E-state index in [4.69, 9.17) is 18.9 Å². The van der Waals surface area contributed by atoms with Crippen LogP contribution in [0.15, 0.2) is 0 Å². The monoisotopic (exact) mass is 134 g/mol. The van der Waals surface area contributed by atoms with Gasteiger partial charge in [-0.2, -0.15) is 0 Å². The molecule has 0 aliphatic heterocycles. The first-order valence-electron chi connectivity index (χ1n) is 0.919. The fourth-order valence-electron chi connectivity index (χ4n) is 0. The van der Waals surface area contributed by atoms with Crippen LogP contribution in [0.2, 0.25) is 0 Å². The van der Waals surface area contributed by atoms with Gasteiger partial charge in [0.15, 0.2) is 0 Å². The summed E-state index contributed by atoms with van der Waals surface area (Å²) in [6.45, 7) is 0. The van der Waals surface area contributed by atoms with Gasteiger partial charge in [0.1, 0.15) is 0 Å². The zero-order chi connectivity index (χ0) is 5.58. The number of hydrogen-bond acceptors (Lipinski definition) is 4. The summed E-state index contributed by atoms with van der Waals surface area (Å²) < 4.78 is 8.00. The molecule has 0 heterocycles. The summed E-state index contributed by atoms with van der Waals surface area (Å²) in [4.78, 5) is 0. The van der Waals surface area contributed by atoms with Crippen LogP contribution in [0, 0.1) is 0 Å². The Bertz CT molecular complexity index is 18.8. The van der Waals surface area contributed by atoms with Gasteiger partial charge in [0.2, 0.25) is 0 Å². The van der Waals surface area contributed by atoms with Crippen LogP contribution < -0.4 is 0 Å². The van der Waals surface area contributed by atoms with E-state index in [0.29, 0.717) is 0 Å². The van der Waals surface area contributed by atoms with Gasteiger partial charge in [-0.05, 0) is 0 Å². The molecule has 3 N–H and O–H groups in total. The second-order valence-corrected chi connectivity index (χ2v) is 0.346. The van der Waals surface area contributed by atoms with Gasteiger partial charge in [-0.25, -0.2) is 0 Å². The normalized spacial score (nSPS) is 5.33. The molecule has 4 nitrogen and oxygen atoms in total. The summed E-state index contributed by atoms with van der Waals surface area (Å²) in [6.07, 6.45) is 0. The average Bonchev–Trinajstić information content (AvgIpc) is 1.41. The summed E-state index contributed by atoms with van der Waals surface area (Å²) in [5, 5.41) is 21.5. The van der Waals surface area contributed by atoms with Crippen LogP contribution >= 0.6 is 0 Å². The van der Waals surface area contributed by atoms with Crippen molar-refractivity contribution in [3.63, 3.8) is 0 Å². The SMILES string of the molecule is OB(O)O.[O]=[Fe]. The molecular weight excluding hydrogens is 131 g/mol. The summed E-state index contributed by atoms with van der Waals surface area (Å²) in [5.41, 5.74) is 0. The first-order chi connectivity index (χ1) is 2.73.